The minimum absolute atomic E-state index is 0.0781. The lowest BCUT2D eigenvalue weighted by Gasteiger charge is -2.38. The van der Waals surface area contributed by atoms with Crippen molar-refractivity contribution in [3.63, 3.8) is 0 Å². The standard InChI is InChI=1S/C15H24O/c1-11-6-7-13-12(2)5-4-8-15(3,10-16)14(13)9-11/h9,14,16H,4-8,10H2,1-3H3. The SMILES string of the molecule is CC1=CC2C(=C(C)CCCC2(C)CO)CC1. The van der Waals surface area contributed by atoms with Crippen molar-refractivity contribution in [2.24, 2.45) is 11.3 Å². The topological polar surface area (TPSA) is 20.2 Å². The minimum Gasteiger partial charge on any atom is -0.396 e. The number of aliphatic hydroxyl groups excluding tert-OH is 1. The molecule has 0 amide bonds. The van der Waals surface area contributed by atoms with Crippen LogP contribution in [0.5, 0.6) is 0 Å². The summed E-state index contributed by atoms with van der Waals surface area (Å²) >= 11 is 0. The van der Waals surface area contributed by atoms with Crippen molar-refractivity contribution in [2.75, 3.05) is 6.61 Å². The molecular weight excluding hydrogens is 196 g/mol. The van der Waals surface area contributed by atoms with Crippen LogP contribution in [0.25, 0.3) is 0 Å². The molecule has 0 saturated carbocycles. The van der Waals surface area contributed by atoms with Crippen molar-refractivity contribution >= 4 is 0 Å². The maximum atomic E-state index is 9.73. The molecule has 0 aromatic carbocycles. The molecule has 2 aliphatic carbocycles. The fraction of sp³-hybridized carbons (Fsp3) is 0.733. The number of hydrogen-bond acceptors (Lipinski definition) is 1. The van der Waals surface area contributed by atoms with Crippen LogP contribution in [0.1, 0.15) is 52.9 Å². The van der Waals surface area contributed by atoms with Gasteiger partial charge in [-0.1, -0.05) is 29.7 Å². The molecule has 16 heavy (non-hydrogen) atoms. The molecule has 1 N–H and O–H groups in total. The lowest BCUT2D eigenvalue weighted by Crippen LogP contribution is -2.32. The zero-order chi connectivity index (χ0) is 11.8. The summed E-state index contributed by atoms with van der Waals surface area (Å²) in [6.45, 7) is 7.10. The van der Waals surface area contributed by atoms with E-state index in [9.17, 15) is 5.11 Å². The third-order valence-electron chi connectivity index (χ3n) is 4.58. The molecule has 0 aromatic heterocycles. The fourth-order valence-corrected chi connectivity index (χ4v) is 3.31. The average Bonchev–Trinajstić information content (AvgIpc) is 2.39. The number of fused-ring (bicyclic) bond motifs is 1. The van der Waals surface area contributed by atoms with Gasteiger partial charge in [0.1, 0.15) is 0 Å². The van der Waals surface area contributed by atoms with Crippen molar-refractivity contribution in [2.45, 2.75) is 52.9 Å². The molecule has 0 spiro atoms. The molecule has 1 nitrogen and oxygen atoms in total. The molecule has 0 radical (unpaired) electrons. The van der Waals surface area contributed by atoms with Crippen LogP contribution in [0, 0.1) is 11.3 Å². The summed E-state index contributed by atoms with van der Waals surface area (Å²) in [6, 6.07) is 0. The second kappa shape index (κ2) is 4.37. The lowest BCUT2D eigenvalue weighted by molar-refractivity contribution is 0.101. The molecule has 2 atom stereocenters. The molecule has 0 aromatic rings. The van der Waals surface area contributed by atoms with Crippen molar-refractivity contribution in [3.8, 4) is 0 Å². The van der Waals surface area contributed by atoms with E-state index in [0.717, 1.165) is 6.42 Å². The van der Waals surface area contributed by atoms with Crippen LogP contribution >= 0.6 is 0 Å². The van der Waals surface area contributed by atoms with Gasteiger partial charge in [-0.25, -0.2) is 0 Å². The molecule has 0 heterocycles. The lowest BCUT2D eigenvalue weighted by atomic mass is 9.68. The minimum atomic E-state index is 0.0781. The number of aliphatic hydroxyl groups is 1. The van der Waals surface area contributed by atoms with Crippen LogP contribution in [0.4, 0.5) is 0 Å². The molecule has 1 heteroatoms. The Hall–Kier alpha value is -0.560. The van der Waals surface area contributed by atoms with Crippen LogP contribution in [-0.2, 0) is 0 Å². The molecule has 0 bridgehead atoms. The van der Waals surface area contributed by atoms with Gasteiger partial charge in [-0.15, -0.1) is 0 Å². The highest BCUT2D eigenvalue weighted by Crippen LogP contribution is 2.47. The number of hydrogen-bond donors (Lipinski definition) is 1. The third kappa shape index (κ3) is 1.98. The van der Waals surface area contributed by atoms with Crippen LogP contribution in [0.3, 0.4) is 0 Å². The van der Waals surface area contributed by atoms with Crippen LogP contribution in [0.15, 0.2) is 22.8 Å². The van der Waals surface area contributed by atoms with Crippen molar-refractivity contribution in [3.05, 3.63) is 22.8 Å². The molecular formula is C15H24O. The number of rotatable bonds is 1. The van der Waals surface area contributed by atoms with Gasteiger partial charge in [0.15, 0.2) is 0 Å². The third-order valence-corrected chi connectivity index (χ3v) is 4.58. The van der Waals surface area contributed by atoms with Crippen molar-refractivity contribution in [1.82, 2.24) is 0 Å². The van der Waals surface area contributed by atoms with Gasteiger partial charge < -0.3 is 5.11 Å². The highest BCUT2D eigenvalue weighted by Gasteiger charge is 2.37. The summed E-state index contributed by atoms with van der Waals surface area (Å²) < 4.78 is 0. The summed E-state index contributed by atoms with van der Waals surface area (Å²) in [5.74, 6) is 0.494. The zero-order valence-corrected chi connectivity index (χ0v) is 10.8. The van der Waals surface area contributed by atoms with E-state index in [1.54, 1.807) is 11.1 Å². The Bertz CT molecular complexity index is 337. The Kier molecular flexibility index (Phi) is 3.25. The van der Waals surface area contributed by atoms with Gasteiger partial charge in [-0.2, -0.15) is 0 Å². The predicted octanol–water partition coefficient (Wildman–Crippen LogP) is 3.84. The largest absolute Gasteiger partial charge is 0.396 e. The Morgan fingerprint density at radius 3 is 2.75 bits per heavy atom. The van der Waals surface area contributed by atoms with Gasteiger partial charge in [0.2, 0.25) is 0 Å². The van der Waals surface area contributed by atoms with Gasteiger partial charge >= 0.3 is 0 Å². The Labute approximate surface area is 99.3 Å². The van der Waals surface area contributed by atoms with E-state index in [-0.39, 0.29) is 5.41 Å². The second-order valence-electron chi connectivity index (χ2n) is 5.96. The monoisotopic (exact) mass is 220 g/mol. The van der Waals surface area contributed by atoms with Gasteiger partial charge in [0.05, 0.1) is 0 Å². The van der Waals surface area contributed by atoms with Gasteiger partial charge in [-0.05, 0) is 46.0 Å². The first kappa shape index (κ1) is 11.9. The highest BCUT2D eigenvalue weighted by molar-refractivity contribution is 5.30. The molecule has 0 aliphatic heterocycles. The predicted molar refractivity (Wildman–Crippen MR) is 68.2 cm³/mol. The quantitative estimate of drug-likeness (QED) is 0.666. The van der Waals surface area contributed by atoms with Gasteiger partial charge in [0.25, 0.3) is 0 Å². The van der Waals surface area contributed by atoms with Crippen molar-refractivity contribution < 1.29 is 5.11 Å². The molecule has 2 unspecified atom stereocenters. The first-order valence-corrected chi connectivity index (χ1v) is 6.53. The van der Waals surface area contributed by atoms with Gasteiger partial charge in [-0.3, -0.25) is 0 Å². The normalized spacial score (nSPS) is 35.5. The highest BCUT2D eigenvalue weighted by atomic mass is 16.3. The van der Waals surface area contributed by atoms with E-state index in [4.69, 9.17) is 0 Å². The van der Waals surface area contributed by atoms with E-state index in [1.165, 1.54) is 31.3 Å². The zero-order valence-electron chi connectivity index (χ0n) is 10.8. The molecule has 2 rings (SSSR count). The van der Waals surface area contributed by atoms with E-state index in [1.807, 2.05) is 0 Å². The van der Waals surface area contributed by atoms with Crippen LogP contribution in [0.2, 0.25) is 0 Å². The van der Waals surface area contributed by atoms with E-state index < -0.39 is 0 Å². The van der Waals surface area contributed by atoms with E-state index in [2.05, 4.69) is 26.8 Å². The van der Waals surface area contributed by atoms with E-state index >= 15 is 0 Å². The Morgan fingerprint density at radius 1 is 1.31 bits per heavy atom. The number of allylic oxidation sites excluding steroid dienone is 4. The second-order valence-corrected chi connectivity index (χ2v) is 5.96. The molecule has 2 aliphatic rings. The first-order chi connectivity index (χ1) is 7.57. The van der Waals surface area contributed by atoms with Crippen LogP contribution < -0.4 is 0 Å². The van der Waals surface area contributed by atoms with Crippen molar-refractivity contribution in [1.29, 1.82) is 0 Å². The summed E-state index contributed by atoms with van der Waals surface area (Å²) in [5, 5.41) is 9.73. The van der Waals surface area contributed by atoms with E-state index in [0.29, 0.717) is 12.5 Å². The Balaban J connectivity index is 2.43. The molecule has 0 fully saturated rings. The Morgan fingerprint density at radius 2 is 2.06 bits per heavy atom. The summed E-state index contributed by atoms with van der Waals surface area (Å²) in [4.78, 5) is 0. The fourth-order valence-electron chi connectivity index (χ4n) is 3.31. The first-order valence-electron chi connectivity index (χ1n) is 6.53. The van der Waals surface area contributed by atoms with Gasteiger partial charge in [0, 0.05) is 17.9 Å². The smallest absolute Gasteiger partial charge is 0.0493 e. The average molecular weight is 220 g/mol. The molecule has 90 valence electrons. The maximum Gasteiger partial charge on any atom is 0.0493 e. The molecule has 0 saturated heterocycles. The van der Waals surface area contributed by atoms with Crippen LogP contribution in [-0.4, -0.2) is 11.7 Å². The summed E-state index contributed by atoms with van der Waals surface area (Å²) in [7, 11) is 0. The maximum absolute atomic E-state index is 9.73. The summed E-state index contributed by atoms with van der Waals surface area (Å²) in [6.07, 6.45) is 8.46. The summed E-state index contributed by atoms with van der Waals surface area (Å²) in [5.41, 5.74) is 4.79.